The molecule has 0 atom stereocenters. The van der Waals surface area contributed by atoms with E-state index in [4.69, 9.17) is 4.79 Å². The van der Waals surface area contributed by atoms with E-state index in [2.05, 4.69) is 39.1 Å². The van der Waals surface area contributed by atoms with Crippen molar-refractivity contribution in [3.8, 4) is 0 Å². The van der Waals surface area contributed by atoms with Gasteiger partial charge in [0.15, 0.2) is 0 Å². The SMILES string of the molecule is CC=O.CNc1cccc(Cn2cnc(C)c2)c1. The summed E-state index contributed by atoms with van der Waals surface area (Å²) in [6, 6.07) is 8.39. The average Bonchev–Trinajstić information content (AvgIpc) is 2.76. The Morgan fingerprint density at radius 2 is 2.17 bits per heavy atom. The number of aromatic nitrogens is 2. The van der Waals surface area contributed by atoms with E-state index in [9.17, 15) is 0 Å². The molecule has 18 heavy (non-hydrogen) atoms. The molecule has 0 amide bonds. The van der Waals surface area contributed by atoms with Crippen LogP contribution in [0.5, 0.6) is 0 Å². The molecule has 0 saturated carbocycles. The molecule has 1 heterocycles. The Hall–Kier alpha value is -2.10. The molecule has 0 bridgehead atoms. The standard InChI is InChI=1S/C12H15N3.C2H4O/c1-10-7-15(9-14-10)8-11-4-3-5-12(6-11)13-2;1-2-3/h3-7,9,13H,8H2,1-2H3;2H,1H3. The average molecular weight is 245 g/mol. The van der Waals surface area contributed by atoms with E-state index < -0.39 is 0 Å². The fourth-order valence-electron chi connectivity index (χ4n) is 1.59. The monoisotopic (exact) mass is 245 g/mol. The molecule has 4 nitrogen and oxygen atoms in total. The quantitative estimate of drug-likeness (QED) is 0.845. The Labute approximate surface area is 108 Å². The minimum absolute atomic E-state index is 0.750. The van der Waals surface area contributed by atoms with Gasteiger partial charge in [0.05, 0.1) is 12.0 Å². The van der Waals surface area contributed by atoms with E-state index in [-0.39, 0.29) is 0 Å². The lowest BCUT2D eigenvalue weighted by molar-refractivity contribution is -0.106. The van der Waals surface area contributed by atoms with Gasteiger partial charge in [-0.2, -0.15) is 0 Å². The van der Waals surface area contributed by atoms with Crippen LogP contribution in [0, 0.1) is 6.92 Å². The van der Waals surface area contributed by atoms with Crippen molar-refractivity contribution in [3.05, 3.63) is 48.0 Å². The highest BCUT2D eigenvalue weighted by Gasteiger charge is 1.97. The van der Waals surface area contributed by atoms with Crippen molar-refractivity contribution in [1.82, 2.24) is 9.55 Å². The molecular weight excluding hydrogens is 226 g/mol. The van der Waals surface area contributed by atoms with Gasteiger partial charge < -0.3 is 14.7 Å². The maximum atomic E-state index is 8.81. The maximum absolute atomic E-state index is 8.81. The van der Waals surface area contributed by atoms with Crippen LogP contribution in [0.1, 0.15) is 18.2 Å². The molecule has 96 valence electrons. The summed E-state index contributed by atoms with van der Waals surface area (Å²) in [5, 5.41) is 3.13. The Morgan fingerprint density at radius 3 is 2.72 bits per heavy atom. The molecule has 0 saturated heterocycles. The van der Waals surface area contributed by atoms with Crippen LogP contribution in [0.2, 0.25) is 0 Å². The lowest BCUT2D eigenvalue weighted by Crippen LogP contribution is -1.97. The van der Waals surface area contributed by atoms with Crippen LogP contribution < -0.4 is 5.32 Å². The zero-order valence-electron chi connectivity index (χ0n) is 11.1. The topological polar surface area (TPSA) is 46.9 Å². The first-order valence-electron chi connectivity index (χ1n) is 5.84. The number of rotatable bonds is 3. The lowest BCUT2D eigenvalue weighted by atomic mass is 10.2. The molecule has 4 heteroatoms. The zero-order valence-corrected chi connectivity index (χ0v) is 11.1. The van der Waals surface area contributed by atoms with Crippen LogP contribution in [0.25, 0.3) is 0 Å². The molecule has 0 spiro atoms. The van der Waals surface area contributed by atoms with Crippen molar-refractivity contribution < 1.29 is 4.79 Å². The first-order valence-corrected chi connectivity index (χ1v) is 5.84. The number of carbonyl (C=O) groups is 1. The summed E-state index contributed by atoms with van der Waals surface area (Å²) in [7, 11) is 1.93. The number of nitrogens with zero attached hydrogens (tertiary/aromatic N) is 2. The molecule has 2 aromatic rings. The minimum atomic E-state index is 0.750. The number of imidazole rings is 1. The number of anilines is 1. The van der Waals surface area contributed by atoms with Gasteiger partial charge in [0.1, 0.15) is 6.29 Å². The van der Waals surface area contributed by atoms with Gasteiger partial charge in [0.2, 0.25) is 0 Å². The van der Waals surface area contributed by atoms with Crippen LogP contribution in [0.15, 0.2) is 36.8 Å². The molecule has 0 aliphatic carbocycles. The molecule has 1 N–H and O–H groups in total. The van der Waals surface area contributed by atoms with Crippen LogP contribution in [0.3, 0.4) is 0 Å². The molecule has 1 aromatic carbocycles. The van der Waals surface area contributed by atoms with Gasteiger partial charge in [-0.3, -0.25) is 0 Å². The van der Waals surface area contributed by atoms with Crippen LogP contribution in [-0.2, 0) is 11.3 Å². The second-order valence-electron chi connectivity index (χ2n) is 3.87. The predicted octanol–water partition coefficient (Wildman–Crippen LogP) is 2.49. The number of aldehydes is 1. The van der Waals surface area contributed by atoms with Crippen molar-refractivity contribution in [2.24, 2.45) is 0 Å². The highest BCUT2D eigenvalue weighted by Crippen LogP contribution is 2.11. The molecule has 0 aliphatic rings. The first-order chi connectivity index (χ1) is 8.69. The highest BCUT2D eigenvalue weighted by molar-refractivity contribution is 5.45. The van der Waals surface area contributed by atoms with E-state index >= 15 is 0 Å². The van der Waals surface area contributed by atoms with Crippen LogP contribution in [-0.4, -0.2) is 22.9 Å². The van der Waals surface area contributed by atoms with E-state index in [1.165, 1.54) is 12.5 Å². The summed E-state index contributed by atoms with van der Waals surface area (Å²) in [6.45, 7) is 4.32. The van der Waals surface area contributed by atoms with Gasteiger partial charge in [-0.15, -0.1) is 0 Å². The number of benzene rings is 1. The largest absolute Gasteiger partial charge is 0.388 e. The Balaban J connectivity index is 0.000000492. The first kappa shape index (κ1) is 14.0. The fraction of sp³-hybridized carbons (Fsp3) is 0.286. The zero-order chi connectivity index (χ0) is 13.4. The maximum Gasteiger partial charge on any atom is 0.116 e. The van der Waals surface area contributed by atoms with Gasteiger partial charge >= 0.3 is 0 Å². The predicted molar refractivity (Wildman–Crippen MR) is 73.8 cm³/mol. The second kappa shape index (κ2) is 7.27. The van der Waals surface area contributed by atoms with Crippen molar-refractivity contribution in [2.75, 3.05) is 12.4 Å². The Bertz CT molecular complexity index is 491. The summed E-state index contributed by atoms with van der Waals surface area (Å²) in [6.07, 6.45) is 4.66. The van der Waals surface area contributed by atoms with E-state index in [0.29, 0.717) is 0 Å². The smallest absolute Gasteiger partial charge is 0.116 e. The molecule has 0 radical (unpaired) electrons. The summed E-state index contributed by atoms with van der Waals surface area (Å²) in [5.74, 6) is 0. The van der Waals surface area contributed by atoms with Crippen molar-refractivity contribution >= 4 is 12.0 Å². The van der Waals surface area contributed by atoms with Crippen LogP contribution in [0.4, 0.5) is 5.69 Å². The van der Waals surface area contributed by atoms with Gasteiger partial charge in [0.25, 0.3) is 0 Å². The number of aryl methyl sites for hydroxylation is 1. The second-order valence-corrected chi connectivity index (χ2v) is 3.87. The summed E-state index contributed by atoms with van der Waals surface area (Å²) >= 11 is 0. The Morgan fingerprint density at radius 1 is 1.44 bits per heavy atom. The minimum Gasteiger partial charge on any atom is -0.388 e. The number of nitrogens with one attached hydrogen (secondary N) is 1. The summed E-state index contributed by atoms with van der Waals surface area (Å²) in [4.78, 5) is 13.0. The van der Waals surface area contributed by atoms with Crippen molar-refractivity contribution in [1.29, 1.82) is 0 Å². The molecule has 0 unspecified atom stereocenters. The van der Waals surface area contributed by atoms with Gasteiger partial charge in [-0.25, -0.2) is 4.98 Å². The third-order valence-electron chi connectivity index (χ3n) is 2.34. The number of carbonyl (C=O) groups excluding carboxylic acids is 1. The van der Waals surface area contributed by atoms with Crippen molar-refractivity contribution in [3.63, 3.8) is 0 Å². The van der Waals surface area contributed by atoms with Gasteiger partial charge in [0, 0.05) is 25.5 Å². The molecule has 0 aliphatic heterocycles. The number of hydrogen-bond acceptors (Lipinski definition) is 3. The molecule has 2 rings (SSSR count). The summed E-state index contributed by atoms with van der Waals surface area (Å²) in [5.41, 5.74) is 3.48. The third-order valence-corrected chi connectivity index (χ3v) is 2.34. The molecule has 1 aromatic heterocycles. The fourth-order valence-corrected chi connectivity index (χ4v) is 1.59. The molecular formula is C14H19N3O. The number of hydrogen-bond donors (Lipinski definition) is 1. The van der Waals surface area contributed by atoms with E-state index in [1.54, 1.807) is 0 Å². The third kappa shape index (κ3) is 4.41. The highest BCUT2D eigenvalue weighted by atomic mass is 16.1. The summed E-state index contributed by atoms with van der Waals surface area (Å²) < 4.78 is 2.09. The van der Waals surface area contributed by atoms with Gasteiger partial charge in [-0.1, -0.05) is 12.1 Å². The van der Waals surface area contributed by atoms with Gasteiger partial charge in [-0.05, 0) is 31.5 Å². The van der Waals surface area contributed by atoms with Crippen molar-refractivity contribution in [2.45, 2.75) is 20.4 Å². The Kier molecular flexibility index (Phi) is 5.64. The van der Waals surface area contributed by atoms with Crippen LogP contribution >= 0.6 is 0 Å². The normalized spacial score (nSPS) is 9.28. The lowest BCUT2D eigenvalue weighted by Gasteiger charge is -2.05. The molecule has 0 fully saturated rings. The van der Waals surface area contributed by atoms with E-state index in [1.807, 2.05) is 26.5 Å². The van der Waals surface area contributed by atoms with E-state index in [0.717, 1.165) is 24.2 Å².